The van der Waals surface area contributed by atoms with Gasteiger partial charge in [0.15, 0.2) is 0 Å². The van der Waals surface area contributed by atoms with Gasteiger partial charge < -0.3 is 5.32 Å². The van der Waals surface area contributed by atoms with Crippen LogP contribution in [0.1, 0.15) is 39.2 Å². The first-order chi connectivity index (χ1) is 7.77. The average Bonchev–Trinajstić information content (AvgIpc) is 2.34. The topological polar surface area (TPSA) is 24.9 Å². The van der Waals surface area contributed by atoms with Crippen LogP contribution in [0.15, 0.2) is 24.5 Å². The summed E-state index contributed by atoms with van der Waals surface area (Å²) in [5.41, 5.74) is 1.38. The first-order valence-corrected chi connectivity index (χ1v) is 6.40. The number of pyridine rings is 1. The predicted molar refractivity (Wildman–Crippen MR) is 69.5 cm³/mol. The molecule has 2 nitrogen and oxygen atoms in total. The van der Waals surface area contributed by atoms with Gasteiger partial charge in [-0.1, -0.05) is 27.2 Å². The van der Waals surface area contributed by atoms with Crippen molar-refractivity contribution in [3.63, 3.8) is 0 Å². The molecule has 0 aliphatic carbocycles. The van der Waals surface area contributed by atoms with Gasteiger partial charge in [0.1, 0.15) is 0 Å². The Labute approximate surface area is 99.5 Å². The van der Waals surface area contributed by atoms with E-state index in [2.05, 4.69) is 43.2 Å². The van der Waals surface area contributed by atoms with Crippen molar-refractivity contribution in [2.24, 2.45) is 5.92 Å². The van der Waals surface area contributed by atoms with Gasteiger partial charge in [-0.3, -0.25) is 4.98 Å². The van der Waals surface area contributed by atoms with Crippen molar-refractivity contribution in [1.29, 1.82) is 0 Å². The van der Waals surface area contributed by atoms with Crippen molar-refractivity contribution in [3.8, 4) is 0 Å². The number of hydrogen-bond acceptors (Lipinski definition) is 2. The summed E-state index contributed by atoms with van der Waals surface area (Å²) in [5, 5.41) is 3.65. The highest BCUT2D eigenvalue weighted by Crippen LogP contribution is 2.13. The van der Waals surface area contributed by atoms with Crippen LogP contribution in [0.4, 0.5) is 0 Å². The third-order valence-corrected chi connectivity index (χ3v) is 3.19. The van der Waals surface area contributed by atoms with Gasteiger partial charge in [-0.05, 0) is 43.0 Å². The molecule has 0 amide bonds. The third kappa shape index (κ3) is 4.31. The maximum atomic E-state index is 4.06. The number of nitrogens with one attached hydrogen (secondary N) is 1. The van der Waals surface area contributed by atoms with Crippen LogP contribution < -0.4 is 5.32 Å². The number of nitrogens with zero attached hydrogens (tertiary/aromatic N) is 1. The minimum Gasteiger partial charge on any atom is -0.313 e. The maximum Gasteiger partial charge on any atom is 0.0270 e. The van der Waals surface area contributed by atoms with E-state index in [0.717, 1.165) is 18.9 Å². The van der Waals surface area contributed by atoms with Crippen molar-refractivity contribution in [3.05, 3.63) is 30.1 Å². The molecule has 1 N–H and O–H groups in total. The molecular weight excluding hydrogens is 196 g/mol. The van der Waals surface area contributed by atoms with Crippen molar-refractivity contribution in [1.82, 2.24) is 10.3 Å². The molecule has 2 atom stereocenters. The fourth-order valence-corrected chi connectivity index (χ4v) is 1.86. The molecule has 2 unspecified atom stereocenters. The summed E-state index contributed by atoms with van der Waals surface area (Å²) in [6.07, 6.45) is 7.29. The molecule has 0 fully saturated rings. The van der Waals surface area contributed by atoms with Crippen LogP contribution in [0.3, 0.4) is 0 Å². The van der Waals surface area contributed by atoms with Crippen molar-refractivity contribution in [2.75, 3.05) is 6.54 Å². The Kier molecular flexibility index (Phi) is 6.09. The quantitative estimate of drug-likeness (QED) is 0.764. The van der Waals surface area contributed by atoms with E-state index in [1.54, 1.807) is 0 Å². The zero-order valence-electron chi connectivity index (χ0n) is 10.7. The number of rotatable bonds is 7. The molecule has 1 heterocycles. The van der Waals surface area contributed by atoms with E-state index in [1.165, 1.54) is 18.4 Å². The highest BCUT2D eigenvalue weighted by Gasteiger charge is 2.15. The maximum absolute atomic E-state index is 4.06. The van der Waals surface area contributed by atoms with Gasteiger partial charge in [-0.15, -0.1) is 0 Å². The molecule has 0 radical (unpaired) electrons. The Hall–Kier alpha value is -0.890. The second kappa shape index (κ2) is 7.39. The lowest BCUT2D eigenvalue weighted by atomic mass is 9.93. The van der Waals surface area contributed by atoms with Crippen LogP contribution in [0.25, 0.3) is 0 Å². The van der Waals surface area contributed by atoms with Gasteiger partial charge in [0.05, 0.1) is 0 Å². The van der Waals surface area contributed by atoms with Crippen LogP contribution in [0.5, 0.6) is 0 Å². The van der Waals surface area contributed by atoms with Gasteiger partial charge in [-0.25, -0.2) is 0 Å². The standard InChI is InChI=1S/C14H24N2/c1-4-8-16-14(12(3)5-2)11-13-6-9-15-10-7-13/h6-7,9-10,12,14,16H,4-5,8,11H2,1-3H3. The minimum absolute atomic E-state index is 0.590. The van der Waals surface area contributed by atoms with Gasteiger partial charge in [0, 0.05) is 18.4 Å². The predicted octanol–water partition coefficient (Wildman–Crippen LogP) is 3.04. The second-order valence-electron chi connectivity index (χ2n) is 4.51. The van der Waals surface area contributed by atoms with E-state index in [0.29, 0.717) is 6.04 Å². The van der Waals surface area contributed by atoms with E-state index in [4.69, 9.17) is 0 Å². The lowest BCUT2D eigenvalue weighted by molar-refractivity contribution is 0.365. The summed E-state index contributed by atoms with van der Waals surface area (Å²) in [7, 11) is 0. The molecule has 16 heavy (non-hydrogen) atoms. The lowest BCUT2D eigenvalue weighted by Crippen LogP contribution is -2.37. The first-order valence-electron chi connectivity index (χ1n) is 6.40. The fourth-order valence-electron chi connectivity index (χ4n) is 1.86. The van der Waals surface area contributed by atoms with Crippen LogP contribution in [0.2, 0.25) is 0 Å². The summed E-state index contributed by atoms with van der Waals surface area (Å²) < 4.78 is 0. The molecule has 0 aliphatic heterocycles. The minimum atomic E-state index is 0.590. The molecule has 1 aromatic rings. The van der Waals surface area contributed by atoms with Crippen molar-refractivity contribution >= 4 is 0 Å². The summed E-state index contributed by atoms with van der Waals surface area (Å²) in [5.74, 6) is 0.722. The number of hydrogen-bond donors (Lipinski definition) is 1. The summed E-state index contributed by atoms with van der Waals surface area (Å²) >= 11 is 0. The number of aromatic nitrogens is 1. The molecular formula is C14H24N2. The average molecular weight is 220 g/mol. The van der Waals surface area contributed by atoms with E-state index < -0.39 is 0 Å². The Morgan fingerprint density at radius 2 is 1.94 bits per heavy atom. The first kappa shape index (κ1) is 13.2. The Balaban J connectivity index is 2.56. The molecule has 0 saturated carbocycles. The Bertz CT molecular complexity index is 271. The van der Waals surface area contributed by atoms with E-state index >= 15 is 0 Å². The van der Waals surface area contributed by atoms with Crippen LogP contribution in [-0.4, -0.2) is 17.6 Å². The van der Waals surface area contributed by atoms with E-state index in [1.807, 2.05) is 12.4 Å². The SMILES string of the molecule is CCCNC(Cc1ccncc1)C(C)CC. The summed E-state index contributed by atoms with van der Waals surface area (Å²) in [4.78, 5) is 4.06. The highest BCUT2D eigenvalue weighted by molar-refractivity contribution is 5.11. The van der Waals surface area contributed by atoms with Gasteiger partial charge in [0.2, 0.25) is 0 Å². The Morgan fingerprint density at radius 1 is 1.25 bits per heavy atom. The lowest BCUT2D eigenvalue weighted by Gasteiger charge is -2.24. The highest BCUT2D eigenvalue weighted by atomic mass is 14.9. The van der Waals surface area contributed by atoms with Crippen LogP contribution in [0, 0.1) is 5.92 Å². The van der Waals surface area contributed by atoms with Gasteiger partial charge in [0.25, 0.3) is 0 Å². The van der Waals surface area contributed by atoms with E-state index in [9.17, 15) is 0 Å². The normalized spacial score (nSPS) is 14.7. The van der Waals surface area contributed by atoms with Crippen LogP contribution in [-0.2, 0) is 6.42 Å². The van der Waals surface area contributed by atoms with Crippen LogP contribution >= 0.6 is 0 Å². The van der Waals surface area contributed by atoms with E-state index in [-0.39, 0.29) is 0 Å². The summed E-state index contributed by atoms with van der Waals surface area (Å²) in [6.45, 7) is 7.92. The molecule has 2 heteroatoms. The smallest absolute Gasteiger partial charge is 0.0270 e. The molecule has 0 bridgehead atoms. The molecule has 0 saturated heterocycles. The molecule has 1 aromatic heterocycles. The Morgan fingerprint density at radius 3 is 2.50 bits per heavy atom. The molecule has 0 aromatic carbocycles. The zero-order valence-corrected chi connectivity index (χ0v) is 10.7. The fraction of sp³-hybridized carbons (Fsp3) is 0.643. The second-order valence-corrected chi connectivity index (χ2v) is 4.51. The molecule has 90 valence electrons. The molecule has 0 spiro atoms. The largest absolute Gasteiger partial charge is 0.313 e. The summed E-state index contributed by atoms with van der Waals surface area (Å²) in [6, 6.07) is 4.82. The third-order valence-electron chi connectivity index (χ3n) is 3.19. The molecule has 1 rings (SSSR count). The van der Waals surface area contributed by atoms with Gasteiger partial charge in [-0.2, -0.15) is 0 Å². The van der Waals surface area contributed by atoms with Crippen molar-refractivity contribution < 1.29 is 0 Å². The molecule has 0 aliphatic rings. The monoisotopic (exact) mass is 220 g/mol. The zero-order chi connectivity index (χ0) is 11.8. The van der Waals surface area contributed by atoms with Gasteiger partial charge >= 0.3 is 0 Å². The van der Waals surface area contributed by atoms with Crippen molar-refractivity contribution in [2.45, 2.75) is 46.1 Å².